The normalized spacial score (nSPS) is 18.6. The molecular weight excluding hydrogens is 588 g/mol. The lowest BCUT2D eigenvalue weighted by molar-refractivity contribution is -0.00767. The number of carbonyl (C=O) groups is 2. The van der Waals surface area contributed by atoms with Crippen LogP contribution in [0.25, 0.3) is 21.2 Å². The standard InChI is InChI=1S/C31H40N4O6S2/c1-20-12-14-34(15-13-20)29(37)25-26(42-28(33-25)27(36)32-18-31(4,5)38)23-10-11-24(22-9-7-6-8-21(22)23)43(39,40)35-16-17-41-19-30(35,2)3/h6-11,20,38H,12-19H2,1-5H3,(H,32,36). The van der Waals surface area contributed by atoms with Crippen molar-refractivity contribution >= 4 is 43.9 Å². The Balaban J connectivity index is 1.62. The molecule has 0 atom stereocenters. The highest BCUT2D eigenvalue weighted by atomic mass is 32.2. The van der Waals surface area contributed by atoms with E-state index in [1.54, 1.807) is 43.0 Å². The number of sulfonamides is 1. The number of hydrogen-bond donors (Lipinski definition) is 2. The first-order valence-electron chi connectivity index (χ1n) is 14.6. The highest BCUT2D eigenvalue weighted by Crippen LogP contribution is 2.40. The molecule has 3 heterocycles. The molecule has 5 rings (SSSR count). The monoisotopic (exact) mass is 628 g/mol. The lowest BCUT2D eigenvalue weighted by Gasteiger charge is -2.40. The highest BCUT2D eigenvalue weighted by Gasteiger charge is 2.40. The zero-order valence-electron chi connectivity index (χ0n) is 25.3. The summed E-state index contributed by atoms with van der Waals surface area (Å²) in [6.07, 6.45) is 1.77. The van der Waals surface area contributed by atoms with E-state index in [0.29, 0.717) is 53.4 Å². The molecule has 232 valence electrons. The van der Waals surface area contributed by atoms with Gasteiger partial charge in [-0.2, -0.15) is 4.31 Å². The van der Waals surface area contributed by atoms with E-state index < -0.39 is 27.1 Å². The van der Waals surface area contributed by atoms with E-state index in [0.717, 1.165) is 24.2 Å². The number of benzene rings is 2. The molecule has 10 nitrogen and oxygen atoms in total. The molecule has 43 heavy (non-hydrogen) atoms. The molecule has 0 aliphatic carbocycles. The zero-order valence-corrected chi connectivity index (χ0v) is 27.0. The van der Waals surface area contributed by atoms with E-state index in [-0.39, 0.29) is 34.6 Å². The van der Waals surface area contributed by atoms with Crippen molar-refractivity contribution in [1.82, 2.24) is 19.5 Å². The first-order valence-corrected chi connectivity index (χ1v) is 16.9. The second-order valence-corrected chi connectivity index (χ2v) is 15.6. The Morgan fingerprint density at radius 1 is 1.12 bits per heavy atom. The van der Waals surface area contributed by atoms with Crippen LogP contribution in [0.15, 0.2) is 41.3 Å². The van der Waals surface area contributed by atoms with E-state index in [1.807, 2.05) is 26.0 Å². The van der Waals surface area contributed by atoms with Crippen LogP contribution in [0.4, 0.5) is 0 Å². The Kier molecular flexibility index (Phi) is 8.71. The summed E-state index contributed by atoms with van der Waals surface area (Å²) in [7, 11) is -3.90. The van der Waals surface area contributed by atoms with Crippen LogP contribution in [0.1, 0.15) is 67.8 Å². The first kappa shape index (κ1) is 31.5. The molecule has 2 aliphatic rings. The lowest BCUT2D eigenvalue weighted by atomic mass is 9.98. The van der Waals surface area contributed by atoms with Gasteiger partial charge in [0.05, 0.1) is 34.1 Å². The quantitative estimate of drug-likeness (QED) is 0.403. The number of fused-ring (bicyclic) bond motifs is 1. The number of rotatable bonds is 7. The summed E-state index contributed by atoms with van der Waals surface area (Å²) in [5.41, 5.74) is -1.04. The number of amides is 2. The molecule has 2 N–H and O–H groups in total. The van der Waals surface area contributed by atoms with E-state index >= 15 is 0 Å². The molecule has 2 saturated heterocycles. The predicted octanol–water partition coefficient (Wildman–Crippen LogP) is 4.14. The van der Waals surface area contributed by atoms with Crippen molar-refractivity contribution in [2.75, 3.05) is 39.4 Å². The predicted molar refractivity (Wildman–Crippen MR) is 167 cm³/mol. The Bertz CT molecular complexity index is 1640. The van der Waals surface area contributed by atoms with E-state index in [4.69, 9.17) is 4.74 Å². The number of nitrogens with one attached hydrogen (secondary N) is 1. The maximum absolute atomic E-state index is 14.0. The van der Waals surface area contributed by atoms with Crippen LogP contribution in [0, 0.1) is 5.92 Å². The number of ether oxygens (including phenoxy) is 1. The number of thiazole rings is 1. The van der Waals surface area contributed by atoms with Crippen molar-refractivity contribution in [2.24, 2.45) is 5.92 Å². The van der Waals surface area contributed by atoms with Gasteiger partial charge in [0.2, 0.25) is 10.0 Å². The molecule has 0 unspecified atom stereocenters. The number of hydrogen-bond acceptors (Lipinski definition) is 8. The first-order chi connectivity index (χ1) is 20.2. The summed E-state index contributed by atoms with van der Waals surface area (Å²) in [6.45, 7) is 11.1. The van der Waals surface area contributed by atoms with Crippen LogP contribution in [0.3, 0.4) is 0 Å². The maximum Gasteiger partial charge on any atom is 0.280 e. The molecule has 2 aliphatic heterocycles. The number of likely N-dealkylation sites (tertiary alicyclic amines) is 1. The largest absolute Gasteiger partial charge is 0.389 e. The molecule has 2 amide bonds. The number of piperidine rings is 1. The van der Waals surface area contributed by atoms with Crippen molar-refractivity contribution in [2.45, 2.75) is 63.5 Å². The van der Waals surface area contributed by atoms with Gasteiger partial charge in [-0.25, -0.2) is 13.4 Å². The minimum Gasteiger partial charge on any atom is -0.389 e. The van der Waals surface area contributed by atoms with Gasteiger partial charge < -0.3 is 20.1 Å². The minimum atomic E-state index is -3.90. The fourth-order valence-corrected chi connectivity index (χ4v) is 8.55. The van der Waals surface area contributed by atoms with Gasteiger partial charge in [-0.05, 0) is 57.9 Å². The van der Waals surface area contributed by atoms with Gasteiger partial charge in [-0.15, -0.1) is 11.3 Å². The van der Waals surface area contributed by atoms with Gasteiger partial charge in [-0.3, -0.25) is 9.59 Å². The molecule has 1 aromatic heterocycles. The second-order valence-electron chi connectivity index (χ2n) is 12.8. The number of nitrogens with zero attached hydrogens (tertiary/aromatic N) is 3. The molecule has 0 radical (unpaired) electrons. The smallest absolute Gasteiger partial charge is 0.280 e. The molecule has 3 aromatic rings. The topological polar surface area (TPSA) is 129 Å². The van der Waals surface area contributed by atoms with Crippen molar-refractivity contribution < 1.29 is 27.9 Å². The lowest BCUT2D eigenvalue weighted by Crippen LogP contribution is -2.55. The summed E-state index contributed by atoms with van der Waals surface area (Å²) in [4.78, 5) is 34.0. The van der Waals surface area contributed by atoms with Crippen LogP contribution < -0.4 is 5.32 Å². The Morgan fingerprint density at radius 3 is 2.44 bits per heavy atom. The third kappa shape index (κ3) is 6.48. The van der Waals surface area contributed by atoms with Crippen LogP contribution in [-0.4, -0.2) is 90.1 Å². The minimum absolute atomic E-state index is 0.0153. The van der Waals surface area contributed by atoms with Crippen LogP contribution in [0.2, 0.25) is 0 Å². The average molecular weight is 629 g/mol. The van der Waals surface area contributed by atoms with Crippen molar-refractivity contribution in [3.8, 4) is 10.4 Å². The SMILES string of the molecule is CC1CCN(C(=O)c2nc(C(=O)NCC(C)(C)O)sc2-c2ccc(S(=O)(=O)N3CCOCC3(C)C)c3ccccc23)CC1. The van der Waals surface area contributed by atoms with Gasteiger partial charge in [-0.1, -0.05) is 37.3 Å². The summed E-state index contributed by atoms with van der Waals surface area (Å²) in [5, 5.41) is 14.1. The Labute approximate surface area is 257 Å². The van der Waals surface area contributed by atoms with Crippen LogP contribution in [0.5, 0.6) is 0 Å². The van der Waals surface area contributed by atoms with Gasteiger partial charge in [0.25, 0.3) is 11.8 Å². The summed E-state index contributed by atoms with van der Waals surface area (Å²) < 4.78 is 35.2. The molecule has 0 bridgehead atoms. The third-order valence-electron chi connectivity index (χ3n) is 8.04. The van der Waals surface area contributed by atoms with Gasteiger partial charge >= 0.3 is 0 Å². The molecule has 2 aromatic carbocycles. The van der Waals surface area contributed by atoms with E-state index in [1.165, 1.54) is 4.31 Å². The van der Waals surface area contributed by atoms with Gasteiger partial charge in [0.1, 0.15) is 5.69 Å². The van der Waals surface area contributed by atoms with Crippen molar-refractivity contribution in [3.63, 3.8) is 0 Å². The number of carbonyl (C=O) groups excluding carboxylic acids is 2. The van der Waals surface area contributed by atoms with Crippen molar-refractivity contribution in [1.29, 1.82) is 0 Å². The van der Waals surface area contributed by atoms with Crippen LogP contribution >= 0.6 is 11.3 Å². The Hall–Kier alpha value is -2.90. The summed E-state index contributed by atoms with van der Waals surface area (Å²) >= 11 is 1.09. The molecule has 0 saturated carbocycles. The molecule has 0 spiro atoms. The maximum atomic E-state index is 14.0. The molecular formula is C31H40N4O6S2. The fraction of sp³-hybridized carbons (Fsp3) is 0.516. The molecule has 12 heteroatoms. The second kappa shape index (κ2) is 11.9. The fourth-order valence-electron chi connectivity index (χ4n) is 5.58. The average Bonchev–Trinajstić information content (AvgIpc) is 3.40. The van der Waals surface area contributed by atoms with Crippen molar-refractivity contribution in [3.05, 3.63) is 47.1 Å². The highest BCUT2D eigenvalue weighted by molar-refractivity contribution is 7.89. The van der Waals surface area contributed by atoms with E-state index in [2.05, 4.69) is 17.2 Å². The zero-order chi connectivity index (χ0) is 31.2. The summed E-state index contributed by atoms with van der Waals surface area (Å²) in [5.74, 6) is -0.217. The Morgan fingerprint density at radius 2 is 1.79 bits per heavy atom. The van der Waals surface area contributed by atoms with Gasteiger partial charge in [0, 0.05) is 37.1 Å². The number of aliphatic hydroxyl groups is 1. The third-order valence-corrected chi connectivity index (χ3v) is 11.3. The van der Waals surface area contributed by atoms with E-state index in [9.17, 15) is 23.1 Å². The number of aromatic nitrogens is 1. The van der Waals surface area contributed by atoms with Crippen LogP contribution in [-0.2, 0) is 14.8 Å². The summed E-state index contributed by atoms with van der Waals surface area (Å²) in [6, 6.07) is 10.5. The number of morpholine rings is 1. The van der Waals surface area contributed by atoms with Gasteiger partial charge in [0.15, 0.2) is 5.01 Å². The molecule has 2 fully saturated rings.